The van der Waals surface area contributed by atoms with Crippen LogP contribution in [0.3, 0.4) is 0 Å². The Balaban J connectivity index is 1.50. The molecule has 1 saturated heterocycles. The van der Waals surface area contributed by atoms with E-state index in [-0.39, 0.29) is 24.0 Å². The van der Waals surface area contributed by atoms with Crippen LogP contribution in [0.15, 0.2) is 66.7 Å². The van der Waals surface area contributed by atoms with Crippen molar-refractivity contribution in [3.63, 3.8) is 0 Å². The number of carbonyl (C=O) groups excluding carboxylic acids is 2. The van der Waals surface area contributed by atoms with E-state index in [4.69, 9.17) is 0 Å². The van der Waals surface area contributed by atoms with Gasteiger partial charge in [-0.2, -0.15) is 0 Å². The fourth-order valence-electron chi connectivity index (χ4n) is 3.78. The van der Waals surface area contributed by atoms with E-state index < -0.39 is 11.6 Å². The molecule has 0 aromatic heterocycles. The molecule has 3 aromatic rings. The Morgan fingerprint density at radius 3 is 2.62 bits per heavy atom. The predicted molar refractivity (Wildman–Crippen MR) is 120 cm³/mol. The largest absolute Gasteiger partial charge is 0.324 e. The molecule has 7 heteroatoms. The van der Waals surface area contributed by atoms with E-state index in [1.165, 1.54) is 4.90 Å². The normalized spacial score (nSPS) is 13.9. The Bertz CT molecular complexity index is 1170. The number of hydrogen-bond donors (Lipinski definition) is 1. The summed E-state index contributed by atoms with van der Waals surface area (Å²) in [7, 11) is 0. The number of urea groups is 1. The lowest BCUT2D eigenvalue weighted by atomic mass is 10.1. The molecule has 1 aliphatic rings. The van der Waals surface area contributed by atoms with Gasteiger partial charge in [-0.15, -0.1) is 0 Å². The average molecular weight is 435 g/mol. The highest BCUT2D eigenvalue weighted by Crippen LogP contribution is 2.25. The summed E-state index contributed by atoms with van der Waals surface area (Å²) >= 11 is 0. The van der Waals surface area contributed by atoms with Gasteiger partial charge in [-0.3, -0.25) is 9.69 Å². The molecule has 1 N–H and O–H groups in total. The molecule has 1 heterocycles. The van der Waals surface area contributed by atoms with Crippen molar-refractivity contribution in [2.75, 3.05) is 23.3 Å². The van der Waals surface area contributed by atoms with Crippen LogP contribution >= 0.6 is 0 Å². The third kappa shape index (κ3) is 4.77. The van der Waals surface area contributed by atoms with E-state index in [9.17, 15) is 18.4 Å². The SMILES string of the molecule is Cc1cccc(C(=O)Nc2cccc(N3CCCN(Cc4cc(F)ccc4F)C3=O)c2)c1. The van der Waals surface area contributed by atoms with Crippen molar-refractivity contribution >= 4 is 23.3 Å². The number of nitrogens with zero attached hydrogens (tertiary/aromatic N) is 2. The summed E-state index contributed by atoms with van der Waals surface area (Å²) in [5, 5.41) is 2.86. The summed E-state index contributed by atoms with van der Waals surface area (Å²) in [5.74, 6) is -1.32. The molecule has 1 aliphatic heterocycles. The quantitative estimate of drug-likeness (QED) is 0.587. The van der Waals surface area contributed by atoms with Gasteiger partial charge in [0.25, 0.3) is 5.91 Å². The molecule has 4 rings (SSSR count). The minimum Gasteiger partial charge on any atom is -0.322 e. The minimum absolute atomic E-state index is 0.0112. The summed E-state index contributed by atoms with van der Waals surface area (Å²) in [6.07, 6.45) is 0.683. The first-order valence-electron chi connectivity index (χ1n) is 10.4. The topological polar surface area (TPSA) is 52.7 Å². The molecule has 0 spiro atoms. The van der Waals surface area contributed by atoms with E-state index in [1.807, 2.05) is 19.1 Å². The summed E-state index contributed by atoms with van der Waals surface area (Å²) in [6.45, 7) is 2.86. The van der Waals surface area contributed by atoms with Crippen molar-refractivity contribution < 1.29 is 18.4 Å². The Labute approximate surface area is 185 Å². The molecule has 0 radical (unpaired) electrons. The zero-order chi connectivity index (χ0) is 22.7. The second kappa shape index (κ2) is 9.18. The van der Waals surface area contributed by atoms with Gasteiger partial charge in [0, 0.05) is 35.6 Å². The maximum atomic E-state index is 14.1. The molecule has 0 unspecified atom stereocenters. The van der Waals surface area contributed by atoms with Crippen LogP contribution < -0.4 is 10.2 Å². The van der Waals surface area contributed by atoms with Gasteiger partial charge in [0.15, 0.2) is 0 Å². The second-order valence-electron chi connectivity index (χ2n) is 7.82. The number of nitrogens with one attached hydrogen (secondary N) is 1. The van der Waals surface area contributed by atoms with Gasteiger partial charge in [-0.1, -0.05) is 23.8 Å². The fraction of sp³-hybridized carbons (Fsp3) is 0.200. The number of benzene rings is 3. The Morgan fingerprint density at radius 2 is 1.81 bits per heavy atom. The molecule has 32 heavy (non-hydrogen) atoms. The first kappa shape index (κ1) is 21.5. The highest BCUT2D eigenvalue weighted by Gasteiger charge is 2.27. The number of aryl methyl sites for hydroxylation is 1. The molecular formula is C25H23F2N3O2. The number of rotatable bonds is 5. The molecule has 0 aliphatic carbocycles. The third-order valence-corrected chi connectivity index (χ3v) is 5.38. The zero-order valence-corrected chi connectivity index (χ0v) is 17.6. The summed E-state index contributed by atoms with van der Waals surface area (Å²) in [4.78, 5) is 28.7. The monoisotopic (exact) mass is 435 g/mol. The van der Waals surface area contributed by atoms with E-state index in [1.54, 1.807) is 41.3 Å². The smallest absolute Gasteiger partial charge is 0.322 e. The van der Waals surface area contributed by atoms with Crippen LogP contribution in [-0.2, 0) is 6.54 Å². The van der Waals surface area contributed by atoms with Crippen molar-refractivity contribution in [3.05, 3.63) is 95.1 Å². The highest BCUT2D eigenvalue weighted by atomic mass is 19.1. The highest BCUT2D eigenvalue weighted by molar-refractivity contribution is 6.05. The first-order chi connectivity index (χ1) is 15.4. The molecular weight excluding hydrogens is 412 g/mol. The van der Waals surface area contributed by atoms with Crippen LogP contribution in [0, 0.1) is 18.6 Å². The van der Waals surface area contributed by atoms with Crippen LogP contribution in [0.5, 0.6) is 0 Å². The van der Waals surface area contributed by atoms with Gasteiger partial charge in [-0.25, -0.2) is 13.6 Å². The summed E-state index contributed by atoms with van der Waals surface area (Å²) in [6, 6.07) is 17.3. The van der Waals surface area contributed by atoms with Crippen LogP contribution in [0.1, 0.15) is 27.9 Å². The van der Waals surface area contributed by atoms with Crippen molar-refractivity contribution in [1.29, 1.82) is 0 Å². The Hall–Kier alpha value is -3.74. The molecule has 3 amide bonds. The van der Waals surface area contributed by atoms with Gasteiger partial charge >= 0.3 is 6.03 Å². The van der Waals surface area contributed by atoms with Crippen molar-refractivity contribution in [2.45, 2.75) is 19.9 Å². The lowest BCUT2D eigenvalue weighted by Crippen LogP contribution is -2.49. The molecule has 164 valence electrons. The van der Waals surface area contributed by atoms with Gasteiger partial charge in [0.05, 0.1) is 6.54 Å². The first-order valence-corrected chi connectivity index (χ1v) is 10.4. The van der Waals surface area contributed by atoms with Crippen LogP contribution in [0.25, 0.3) is 0 Å². The van der Waals surface area contributed by atoms with Gasteiger partial charge in [0.2, 0.25) is 0 Å². The van der Waals surface area contributed by atoms with Crippen LogP contribution in [0.4, 0.5) is 25.0 Å². The maximum absolute atomic E-state index is 14.1. The van der Waals surface area contributed by atoms with E-state index in [0.717, 1.165) is 23.8 Å². The lowest BCUT2D eigenvalue weighted by molar-refractivity contribution is 0.102. The fourth-order valence-corrected chi connectivity index (χ4v) is 3.78. The molecule has 1 fully saturated rings. The van der Waals surface area contributed by atoms with Crippen LogP contribution in [0.2, 0.25) is 0 Å². The zero-order valence-electron chi connectivity index (χ0n) is 17.6. The maximum Gasteiger partial charge on any atom is 0.324 e. The molecule has 3 aromatic carbocycles. The number of anilines is 2. The van der Waals surface area contributed by atoms with Crippen molar-refractivity contribution in [3.8, 4) is 0 Å². The minimum atomic E-state index is -0.544. The van der Waals surface area contributed by atoms with Crippen molar-refractivity contribution in [2.24, 2.45) is 0 Å². The van der Waals surface area contributed by atoms with Gasteiger partial charge in [0.1, 0.15) is 11.6 Å². The van der Waals surface area contributed by atoms with Crippen molar-refractivity contribution in [1.82, 2.24) is 4.90 Å². The van der Waals surface area contributed by atoms with Gasteiger partial charge < -0.3 is 10.2 Å². The van der Waals surface area contributed by atoms with Gasteiger partial charge in [-0.05, 0) is 61.9 Å². The standard InChI is InChI=1S/C25H23F2N3O2/c1-17-5-2-6-18(13-17)24(31)28-21-7-3-8-22(15-21)30-12-4-11-29(25(30)32)16-19-14-20(26)9-10-23(19)27/h2-3,5-10,13-15H,4,11-12,16H2,1H3,(H,28,31). The number of carbonyl (C=O) groups is 2. The summed E-state index contributed by atoms with van der Waals surface area (Å²) < 4.78 is 27.6. The summed E-state index contributed by atoms with van der Waals surface area (Å²) in [5.41, 5.74) is 2.86. The second-order valence-corrected chi connectivity index (χ2v) is 7.82. The van der Waals surface area contributed by atoms with E-state index in [2.05, 4.69) is 5.32 Å². The average Bonchev–Trinajstić information content (AvgIpc) is 2.78. The van der Waals surface area contributed by atoms with Crippen LogP contribution in [-0.4, -0.2) is 29.9 Å². The molecule has 0 atom stereocenters. The Kier molecular flexibility index (Phi) is 6.16. The Morgan fingerprint density at radius 1 is 1.00 bits per heavy atom. The molecule has 0 bridgehead atoms. The lowest BCUT2D eigenvalue weighted by Gasteiger charge is -2.36. The van der Waals surface area contributed by atoms with E-state index >= 15 is 0 Å². The predicted octanol–water partition coefficient (Wildman–Crippen LogP) is 5.36. The number of halogens is 2. The number of amides is 3. The third-order valence-electron chi connectivity index (χ3n) is 5.38. The number of hydrogen-bond acceptors (Lipinski definition) is 2. The molecule has 0 saturated carbocycles. The van der Waals surface area contributed by atoms with E-state index in [0.29, 0.717) is 36.4 Å². The molecule has 5 nitrogen and oxygen atoms in total.